The molecule has 0 heterocycles. The third kappa shape index (κ3) is 1.60. The van der Waals surface area contributed by atoms with Crippen molar-refractivity contribution in [2.24, 2.45) is 5.92 Å². The van der Waals surface area contributed by atoms with E-state index in [0.29, 0.717) is 0 Å². The molecule has 1 aliphatic rings. The Labute approximate surface area is 73.6 Å². The Morgan fingerprint density at radius 1 is 1.17 bits per heavy atom. The molecule has 0 aliphatic heterocycles. The molecular formula is C11H15N. The SMILES string of the molecule is Nc1ccc(CC2CCC2)cc1. The van der Waals surface area contributed by atoms with Crippen LogP contribution < -0.4 is 5.73 Å². The van der Waals surface area contributed by atoms with Crippen LogP contribution in [0.25, 0.3) is 0 Å². The summed E-state index contributed by atoms with van der Waals surface area (Å²) in [5.41, 5.74) is 7.91. The van der Waals surface area contributed by atoms with Crippen LogP contribution in [0.4, 0.5) is 5.69 Å². The lowest BCUT2D eigenvalue weighted by Gasteiger charge is -2.25. The number of rotatable bonds is 2. The summed E-state index contributed by atoms with van der Waals surface area (Å²) < 4.78 is 0. The fourth-order valence-electron chi connectivity index (χ4n) is 1.68. The first-order valence-corrected chi connectivity index (χ1v) is 4.69. The summed E-state index contributed by atoms with van der Waals surface area (Å²) in [6.07, 6.45) is 5.52. The second-order valence-corrected chi connectivity index (χ2v) is 3.74. The fourth-order valence-corrected chi connectivity index (χ4v) is 1.68. The van der Waals surface area contributed by atoms with Crippen molar-refractivity contribution in [1.29, 1.82) is 0 Å². The van der Waals surface area contributed by atoms with Gasteiger partial charge in [-0.25, -0.2) is 0 Å². The van der Waals surface area contributed by atoms with E-state index in [1.165, 1.54) is 31.2 Å². The minimum absolute atomic E-state index is 0.868. The highest BCUT2D eigenvalue weighted by Crippen LogP contribution is 2.29. The Morgan fingerprint density at radius 3 is 2.33 bits per heavy atom. The van der Waals surface area contributed by atoms with Gasteiger partial charge in [0.25, 0.3) is 0 Å². The van der Waals surface area contributed by atoms with Crippen molar-refractivity contribution in [2.45, 2.75) is 25.7 Å². The Hall–Kier alpha value is -0.980. The van der Waals surface area contributed by atoms with E-state index in [0.717, 1.165) is 11.6 Å². The molecule has 64 valence electrons. The lowest BCUT2D eigenvalue weighted by atomic mass is 9.81. The van der Waals surface area contributed by atoms with Gasteiger partial charge in [-0.3, -0.25) is 0 Å². The topological polar surface area (TPSA) is 26.0 Å². The molecule has 1 nitrogen and oxygen atoms in total. The zero-order valence-electron chi connectivity index (χ0n) is 7.29. The van der Waals surface area contributed by atoms with Crippen molar-refractivity contribution >= 4 is 5.69 Å². The van der Waals surface area contributed by atoms with Gasteiger partial charge >= 0.3 is 0 Å². The monoisotopic (exact) mass is 161 g/mol. The Bertz CT molecular complexity index is 246. The van der Waals surface area contributed by atoms with E-state index in [1.807, 2.05) is 12.1 Å². The van der Waals surface area contributed by atoms with Gasteiger partial charge in [-0.05, 0) is 30.0 Å². The number of hydrogen-bond donors (Lipinski definition) is 1. The van der Waals surface area contributed by atoms with Crippen molar-refractivity contribution in [3.8, 4) is 0 Å². The summed E-state index contributed by atoms with van der Waals surface area (Å²) in [5, 5.41) is 0. The molecule has 0 unspecified atom stereocenters. The maximum Gasteiger partial charge on any atom is 0.0314 e. The van der Waals surface area contributed by atoms with E-state index in [-0.39, 0.29) is 0 Å². The third-order valence-corrected chi connectivity index (χ3v) is 2.73. The van der Waals surface area contributed by atoms with Gasteiger partial charge in [-0.2, -0.15) is 0 Å². The van der Waals surface area contributed by atoms with Crippen LogP contribution in [0.3, 0.4) is 0 Å². The van der Waals surface area contributed by atoms with Crippen molar-refractivity contribution in [2.75, 3.05) is 5.73 Å². The van der Waals surface area contributed by atoms with Gasteiger partial charge in [-0.1, -0.05) is 31.4 Å². The summed E-state index contributed by atoms with van der Waals surface area (Å²) in [6.45, 7) is 0. The zero-order chi connectivity index (χ0) is 8.39. The lowest BCUT2D eigenvalue weighted by Crippen LogP contribution is -2.13. The summed E-state index contributed by atoms with van der Waals surface area (Å²) in [7, 11) is 0. The van der Waals surface area contributed by atoms with Gasteiger partial charge in [0.1, 0.15) is 0 Å². The van der Waals surface area contributed by atoms with Crippen LogP contribution in [0.5, 0.6) is 0 Å². The fraction of sp³-hybridized carbons (Fsp3) is 0.455. The zero-order valence-corrected chi connectivity index (χ0v) is 7.29. The molecule has 2 N–H and O–H groups in total. The van der Waals surface area contributed by atoms with Crippen LogP contribution >= 0.6 is 0 Å². The normalized spacial score (nSPS) is 17.3. The van der Waals surface area contributed by atoms with Gasteiger partial charge in [-0.15, -0.1) is 0 Å². The lowest BCUT2D eigenvalue weighted by molar-refractivity contribution is 0.314. The highest BCUT2D eigenvalue weighted by molar-refractivity contribution is 5.39. The number of hydrogen-bond acceptors (Lipinski definition) is 1. The molecule has 0 aromatic heterocycles. The Morgan fingerprint density at radius 2 is 1.83 bits per heavy atom. The maximum atomic E-state index is 5.60. The average molecular weight is 161 g/mol. The summed E-state index contributed by atoms with van der Waals surface area (Å²) in [4.78, 5) is 0. The van der Waals surface area contributed by atoms with Crippen LogP contribution in [-0.4, -0.2) is 0 Å². The number of anilines is 1. The third-order valence-electron chi connectivity index (χ3n) is 2.73. The van der Waals surface area contributed by atoms with Crippen molar-refractivity contribution in [1.82, 2.24) is 0 Å². The highest BCUT2D eigenvalue weighted by Gasteiger charge is 2.17. The van der Waals surface area contributed by atoms with E-state index in [4.69, 9.17) is 5.73 Å². The quantitative estimate of drug-likeness (QED) is 0.663. The molecule has 0 radical (unpaired) electrons. The smallest absolute Gasteiger partial charge is 0.0314 e. The van der Waals surface area contributed by atoms with Crippen molar-refractivity contribution < 1.29 is 0 Å². The summed E-state index contributed by atoms with van der Waals surface area (Å²) in [5.74, 6) is 0.952. The molecule has 1 saturated carbocycles. The molecule has 1 aromatic carbocycles. The minimum atomic E-state index is 0.868. The standard InChI is InChI=1S/C11H15N/c12-11-6-4-10(5-7-11)8-9-2-1-3-9/h4-7,9H,1-3,8,12H2. The first-order chi connectivity index (χ1) is 5.84. The van der Waals surface area contributed by atoms with E-state index in [2.05, 4.69) is 12.1 Å². The average Bonchev–Trinajstić information content (AvgIpc) is 2.00. The molecule has 1 aliphatic carbocycles. The Balaban J connectivity index is 1.98. The van der Waals surface area contributed by atoms with E-state index in [9.17, 15) is 0 Å². The Kier molecular flexibility index (Phi) is 2.03. The van der Waals surface area contributed by atoms with Crippen LogP contribution in [0, 0.1) is 5.92 Å². The molecule has 0 saturated heterocycles. The van der Waals surface area contributed by atoms with Gasteiger partial charge in [0.05, 0.1) is 0 Å². The van der Waals surface area contributed by atoms with Gasteiger partial charge in [0.15, 0.2) is 0 Å². The van der Waals surface area contributed by atoms with Crippen molar-refractivity contribution in [3.63, 3.8) is 0 Å². The van der Waals surface area contributed by atoms with Gasteiger partial charge in [0, 0.05) is 5.69 Å². The van der Waals surface area contributed by atoms with Crippen LogP contribution in [0.15, 0.2) is 24.3 Å². The van der Waals surface area contributed by atoms with Crippen LogP contribution in [-0.2, 0) is 6.42 Å². The van der Waals surface area contributed by atoms with Crippen LogP contribution in [0.2, 0.25) is 0 Å². The molecule has 1 aromatic rings. The molecular weight excluding hydrogens is 146 g/mol. The van der Waals surface area contributed by atoms with E-state index < -0.39 is 0 Å². The summed E-state index contributed by atoms with van der Waals surface area (Å²) >= 11 is 0. The van der Waals surface area contributed by atoms with E-state index >= 15 is 0 Å². The molecule has 0 atom stereocenters. The molecule has 1 heteroatoms. The highest BCUT2D eigenvalue weighted by atomic mass is 14.5. The molecule has 1 fully saturated rings. The van der Waals surface area contributed by atoms with Gasteiger partial charge < -0.3 is 5.73 Å². The second-order valence-electron chi connectivity index (χ2n) is 3.74. The second kappa shape index (κ2) is 3.18. The first kappa shape index (κ1) is 7.66. The first-order valence-electron chi connectivity index (χ1n) is 4.69. The summed E-state index contributed by atoms with van der Waals surface area (Å²) in [6, 6.07) is 8.28. The van der Waals surface area contributed by atoms with E-state index in [1.54, 1.807) is 0 Å². The largest absolute Gasteiger partial charge is 0.399 e. The predicted molar refractivity (Wildman–Crippen MR) is 51.9 cm³/mol. The molecule has 0 amide bonds. The molecule has 2 rings (SSSR count). The predicted octanol–water partition coefficient (Wildman–Crippen LogP) is 2.61. The van der Waals surface area contributed by atoms with Crippen LogP contribution in [0.1, 0.15) is 24.8 Å². The number of benzene rings is 1. The number of nitrogens with two attached hydrogens (primary N) is 1. The minimum Gasteiger partial charge on any atom is -0.399 e. The number of nitrogen functional groups attached to an aromatic ring is 1. The molecule has 12 heavy (non-hydrogen) atoms. The van der Waals surface area contributed by atoms with Gasteiger partial charge in [0.2, 0.25) is 0 Å². The molecule has 0 spiro atoms. The van der Waals surface area contributed by atoms with Crippen molar-refractivity contribution in [3.05, 3.63) is 29.8 Å². The molecule has 0 bridgehead atoms. The maximum absolute atomic E-state index is 5.60.